The molecule has 0 unspecified atom stereocenters. The average molecular weight is 243 g/mol. The first-order valence-electron chi connectivity index (χ1n) is 3.93. The van der Waals surface area contributed by atoms with Crippen LogP contribution in [0.3, 0.4) is 0 Å². The van der Waals surface area contributed by atoms with Gasteiger partial charge in [-0.2, -0.15) is 26.3 Å². The van der Waals surface area contributed by atoms with Crippen LogP contribution in [0.25, 0.3) is 0 Å². The molecule has 0 aliphatic heterocycles. The summed E-state index contributed by atoms with van der Waals surface area (Å²) in [7, 11) is 0. The highest BCUT2D eigenvalue weighted by atomic mass is 19.3. The molecule has 0 amide bonds. The van der Waals surface area contributed by atoms with Gasteiger partial charge in [-0.3, -0.25) is 0 Å². The minimum absolute atomic E-state index is 0.437. The van der Waals surface area contributed by atoms with E-state index in [-0.39, 0.29) is 0 Å². The largest absolute Gasteiger partial charge is 0.508 e. The lowest BCUT2D eigenvalue weighted by Crippen LogP contribution is -2.40. The standard InChI is InChI=1S/C9H5F6O/c10-7(11)9(14,15)8(12,13)5-1-3-6(16)4-2-5/h1-4,16H. The van der Waals surface area contributed by atoms with Crippen molar-refractivity contribution in [1.29, 1.82) is 0 Å². The number of alkyl halides is 4. The van der Waals surface area contributed by atoms with Gasteiger partial charge >= 0.3 is 18.3 Å². The van der Waals surface area contributed by atoms with E-state index in [2.05, 4.69) is 0 Å². The van der Waals surface area contributed by atoms with E-state index >= 15 is 0 Å². The molecule has 0 fully saturated rings. The molecule has 0 spiro atoms. The van der Waals surface area contributed by atoms with Crippen molar-refractivity contribution in [3.63, 3.8) is 0 Å². The van der Waals surface area contributed by atoms with Crippen molar-refractivity contribution in [2.24, 2.45) is 0 Å². The van der Waals surface area contributed by atoms with E-state index in [4.69, 9.17) is 5.11 Å². The predicted molar refractivity (Wildman–Crippen MR) is 42.4 cm³/mol. The highest BCUT2D eigenvalue weighted by Gasteiger charge is 2.65. The summed E-state index contributed by atoms with van der Waals surface area (Å²) in [6.45, 7) is 0. The molecule has 1 aromatic rings. The van der Waals surface area contributed by atoms with Gasteiger partial charge in [-0.1, -0.05) is 0 Å². The number of aromatic hydroxyl groups is 1. The zero-order chi connectivity index (χ0) is 12.6. The Bertz CT molecular complexity index is 359. The summed E-state index contributed by atoms with van der Waals surface area (Å²) < 4.78 is 74.4. The van der Waals surface area contributed by atoms with Gasteiger partial charge in [0, 0.05) is 5.56 Å². The molecule has 0 heterocycles. The monoisotopic (exact) mass is 243 g/mol. The highest BCUT2D eigenvalue weighted by Crippen LogP contribution is 2.49. The van der Waals surface area contributed by atoms with Gasteiger partial charge < -0.3 is 5.11 Å². The van der Waals surface area contributed by atoms with Crippen LogP contribution in [0.5, 0.6) is 5.75 Å². The Balaban J connectivity index is 3.15. The number of halogens is 6. The molecule has 0 atom stereocenters. The second-order valence-corrected chi connectivity index (χ2v) is 2.96. The zero-order valence-corrected chi connectivity index (χ0v) is 7.52. The van der Waals surface area contributed by atoms with Crippen LogP contribution < -0.4 is 0 Å². The van der Waals surface area contributed by atoms with Gasteiger partial charge in [0.25, 0.3) is 0 Å². The first kappa shape index (κ1) is 12.7. The summed E-state index contributed by atoms with van der Waals surface area (Å²) in [5, 5.41) is 8.75. The second kappa shape index (κ2) is 3.88. The third-order valence-electron chi connectivity index (χ3n) is 1.86. The SMILES string of the molecule is Oc1ccc(C(F)(F)C(F)(F)[C](F)F)cc1. The van der Waals surface area contributed by atoms with Gasteiger partial charge in [0.1, 0.15) is 5.75 Å². The van der Waals surface area contributed by atoms with Crippen LogP contribution in [0, 0.1) is 6.43 Å². The van der Waals surface area contributed by atoms with Crippen molar-refractivity contribution >= 4 is 0 Å². The number of phenols is 1. The van der Waals surface area contributed by atoms with Gasteiger partial charge in [0.05, 0.1) is 0 Å². The highest BCUT2D eigenvalue weighted by molar-refractivity contribution is 5.30. The maximum atomic E-state index is 13.0. The van der Waals surface area contributed by atoms with Crippen LogP contribution in [0.2, 0.25) is 0 Å². The van der Waals surface area contributed by atoms with Crippen molar-refractivity contribution in [3.8, 4) is 5.75 Å². The van der Waals surface area contributed by atoms with Crippen LogP contribution in [0.1, 0.15) is 5.56 Å². The summed E-state index contributed by atoms with van der Waals surface area (Å²) in [5.74, 6) is -11.0. The Morgan fingerprint density at radius 3 is 1.75 bits per heavy atom. The fourth-order valence-electron chi connectivity index (χ4n) is 0.971. The minimum atomic E-state index is -5.54. The van der Waals surface area contributed by atoms with Crippen molar-refractivity contribution in [3.05, 3.63) is 36.3 Å². The number of rotatable bonds is 3. The lowest BCUT2D eigenvalue weighted by molar-refractivity contribution is -0.235. The van der Waals surface area contributed by atoms with Crippen LogP contribution in [-0.4, -0.2) is 11.0 Å². The maximum Gasteiger partial charge on any atom is 0.385 e. The molecule has 0 bridgehead atoms. The molecule has 1 radical (unpaired) electrons. The molecule has 0 aliphatic carbocycles. The van der Waals surface area contributed by atoms with Gasteiger partial charge in [-0.05, 0) is 24.3 Å². The Hall–Kier alpha value is -1.40. The van der Waals surface area contributed by atoms with Gasteiger partial charge in [0.2, 0.25) is 0 Å². The molecule has 1 aromatic carbocycles. The average Bonchev–Trinajstić information content (AvgIpc) is 2.17. The van der Waals surface area contributed by atoms with Crippen molar-refractivity contribution < 1.29 is 31.4 Å². The fourth-order valence-corrected chi connectivity index (χ4v) is 0.971. The first-order valence-corrected chi connectivity index (χ1v) is 3.93. The second-order valence-electron chi connectivity index (χ2n) is 2.96. The van der Waals surface area contributed by atoms with E-state index < -0.39 is 29.6 Å². The van der Waals surface area contributed by atoms with E-state index in [1.165, 1.54) is 0 Å². The Morgan fingerprint density at radius 1 is 0.938 bits per heavy atom. The molecule has 1 N–H and O–H groups in total. The molecular weight excluding hydrogens is 238 g/mol. The number of benzene rings is 1. The number of hydrogen-bond acceptors (Lipinski definition) is 1. The third kappa shape index (κ3) is 1.94. The zero-order valence-electron chi connectivity index (χ0n) is 7.52. The van der Waals surface area contributed by atoms with Crippen molar-refractivity contribution in [2.45, 2.75) is 11.8 Å². The lowest BCUT2D eigenvalue weighted by Gasteiger charge is -2.24. The molecule has 7 heteroatoms. The Kier molecular flexibility index (Phi) is 3.07. The Morgan fingerprint density at radius 2 is 1.38 bits per heavy atom. The van der Waals surface area contributed by atoms with E-state index in [1.54, 1.807) is 0 Å². The fraction of sp³-hybridized carbons (Fsp3) is 0.222. The smallest absolute Gasteiger partial charge is 0.385 e. The summed E-state index contributed by atoms with van der Waals surface area (Å²) in [6.07, 6.45) is -3.66. The van der Waals surface area contributed by atoms with E-state index in [0.717, 1.165) is 0 Å². The summed E-state index contributed by atoms with van der Waals surface area (Å²) in [5.41, 5.74) is -1.30. The van der Waals surface area contributed by atoms with Crippen LogP contribution in [-0.2, 0) is 5.92 Å². The van der Waals surface area contributed by atoms with Crippen LogP contribution in [0.15, 0.2) is 24.3 Å². The molecule has 0 aromatic heterocycles. The van der Waals surface area contributed by atoms with E-state index in [1.807, 2.05) is 0 Å². The number of hydrogen-bond donors (Lipinski definition) is 1. The predicted octanol–water partition coefficient (Wildman–Crippen LogP) is 3.55. The van der Waals surface area contributed by atoms with E-state index in [0.29, 0.717) is 24.3 Å². The molecule has 0 saturated carbocycles. The van der Waals surface area contributed by atoms with E-state index in [9.17, 15) is 26.3 Å². The van der Waals surface area contributed by atoms with Crippen LogP contribution in [0.4, 0.5) is 26.3 Å². The molecule has 1 nitrogen and oxygen atoms in total. The molecule has 0 saturated heterocycles. The van der Waals surface area contributed by atoms with Crippen molar-refractivity contribution in [2.75, 3.05) is 0 Å². The summed E-state index contributed by atoms with van der Waals surface area (Å²) in [6, 6.07) is 2.31. The molecule has 89 valence electrons. The van der Waals surface area contributed by atoms with Gasteiger partial charge in [-0.25, -0.2) is 0 Å². The van der Waals surface area contributed by atoms with Crippen molar-refractivity contribution in [1.82, 2.24) is 0 Å². The van der Waals surface area contributed by atoms with Gasteiger partial charge in [0.15, 0.2) is 0 Å². The summed E-state index contributed by atoms with van der Waals surface area (Å²) >= 11 is 0. The van der Waals surface area contributed by atoms with Crippen LogP contribution >= 0.6 is 0 Å². The lowest BCUT2D eigenvalue weighted by atomic mass is 10.0. The maximum absolute atomic E-state index is 13.0. The molecular formula is C9H5F6O. The number of phenolic OH excluding ortho intramolecular Hbond substituents is 1. The normalized spacial score (nSPS) is 13.2. The Labute approximate surface area is 86.3 Å². The molecule has 16 heavy (non-hydrogen) atoms. The molecule has 0 aliphatic rings. The quantitative estimate of drug-likeness (QED) is 0.805. The molecule has 1 rings (SSSR count). The topological polar surface area (TPSA) is 20.2 Å². The summed E-state index contributed by atoms with van der Waals surface area (Å²) in [4.78, 5) is 0. The first-order chi connectivity index (χ1) is 7.19. The van der Waals surface area contributed by atoms with Gasteiger partial charge in [-0.15, -0.1) is 0 Å². The minimum Gasteiger partial charge on any atom is -0.508 e. The third-order valence-corrected chi connectivity index (χ3v) is 1.86.